The lowest BCUT2D eigenvalue weighted by Gasteiger charge is -2.16. The van der Waals surface area contributed by atoms with Gasteiger partial charge >= 0.3 is 5.97 Å². The van der Waals surface area contributed by atoms with Crippen LogP contribution >= 0.6 is 0 Å². The van der Waals surface area contributed by atoms with Crippen molar-refractivity contribution in [3.63, 3.8) is 0 Å². The highest BCUT2D eigenvalue weighted by atomic mass is 16.5. The fraction of sp³-hybridized carbons (Fsp3) is 0.500. The summed E-state index contributed by atoms with van der Waals surface area (Å²) in [4.78, 5) is 11.5. The van der Waals surface area contributed by atoms with E-state index in [0.29, 0.717) is 6.61 Å². The SMILES string of the molecule is CCc1ccc(COC(=O)C(C)(C)C)cc1. The smallest absolute Gasteiger partial charge is 0.311 e. The molecule has 0 fully saturated rings. The molecular formula is C14H20O2. The molecule has 1 aromatic carbocycles. The molecule has 16 heavy (non-hydrogen) atoms. The molecule has 0 bridgehead atoms. The Morgan fingerprint density at radius 3 is 2.06 bits per heavy atom. The molecule has 0 aliphatic carbocycles. The van der Waals surface area contributed by atoms with Crippen molar-refractivity contribution in [3.8, 4) is 0 Å². The van der Waals surface area contributed by atoms with E-state index in [-0.39, 0.29) is 5.97 Å². The quantitative estimate of drug-likeness (QED) is 0.730. The van der Waals surface area contributed by atoms with Gasteiger partial charge in [0.15, 0.2) is 0 Å². The number of benzene rings is 1. The van der Waals surface area contributed by atoms with Crippen molar-refractivity contribution in [1.82, 2.24) is 0 Å². The summed E-state index contributed by atoms with van der Waals surface area (Å²) in [6, 6.07) is 8.16. The zero-order valence-corrected chi connectivity index (χ0v) is 10.5. The van der Waals surface area contributed by atoms with Gasteiger partial charge in [-0.05, 0) is 38.3 Å². The number of hydrogen-bond acceptors (Lipinski definition) is 2. The van der Waals surface area contributed by atoms with Crippen LogP contribution in [0.25, 0.3) is 0 Å². The monoisotopic (exact) mass is 220 g/mol. The highest BCUT2D eigenvalue weighted by Gasteiger charge is 2.22. The highest BCUT2D eigenvalue weighted by molar-refractivity contribution is 5.75. The summed E-state index contributed by atoms with van der Waals surface area (Å²) in [5.74, 6) is -0.160. The normalized spacial score (nSPS) is 11.2. The number of ether oxygens (including phenoxy) is 1. The second kappa shape index (κ2) is 5.15. The second-order valence-electron chi connectivity index (χ2n) is 5.00. The number of esters is 1. The molecule has 0 spiro atoms. The average Bonchev–Trinajstić information content (AvgIpc) is 2.25. The minimum Gasteiger partial charge on any atom is -0.460 e. The molecule has 0 N–H and O–H groups in total. The van der Waals surface area contributed by atoms with E-state index in [0.717, 1.165) is 12.0 Å². The first-order valence-electron chi connectivity index (χ1n) is 5.68. The molecule has 0 amide bonds. The first kappa shape index (κ1) is 12.8. The van der Waals surface area contributed by atoms with Crippen LogP contribution in [0.1, 0.15) is 38.8 Å². The lowest BCUT2D eigenvalue weighted by Crippen LogP contribution is -2.22. The molecule has 0 aromatic heterocycles. The lowest BCUT2D eigenvalue weighted by molar-refractivity contribution is -0.154. The fourth-order valence-electron chi connectivity index (χ4n) is 1.24. The van der Waals surface area contributed by atoms with Crippen molar-refractivity contribution < 1.29 is 9.53 Å². The Balaban J connectivity index is 2.52. The maximum atomic E-state index is 11.5. The number of aryl methyl sites for hydroxylation is 1. The van der Waals surface area contributed by atoms with Gasteiger partial charge in [0, 0.05) is 0 Å². The molecule has 2 heteroatoms. The van der Waals surface area contributed by atoms with Gasteiger partial charge in [-0.25, -0.2) is 0 Å². The molecule has 0 heterocycles. The Morgan fingerprint density at radius 1 is 1.12 bits per heavy atom. The van der Waals surface area contributed by atoms with Crippen LogP contribution in [0.3, 0.4) is 0 Å². The van der Waals surface area contributed by atoms with Crippen LogP contribution in [0, 0.1) is 5.41 Å². The maximum Gasteiger partial charge on any atom is 0.311 e. The zero-order valence-electron chi connectivity index (χ0n) is 10.5. The van der Waals surface area contributed by atoms with Gasteiger partial charge in [0.25, 0.3) is 0 Å². The van der Waals surface area contributed by atoms with Crippen molar-refractivity contribution in [2.24, 2.45) is 5.41 Å². The number of carbonyl (C=O) groups is 1. The Labute approximate surface area is 97.6 Å². The van der Waals surface area contributed by atoms with E-state index in [2.05, 4.69) is 19.1 Å². The van der Waals surface area contributed by atoms with Crippen molar-refractivity contribution in [1.29, 1.82) is 0 Å². The van der Waals surface area contributed by atoms with E-state index in [1.807, 2.05) is 32.9 Å². The van der Waals surface area contributed by atoms with Crippen LogP contribution < -0.4 is 0 Å². The summed E-state index contributed by atoms with van der Waals surface area (Å²) < 4.78 is 5.23. The molecule has 0 saturated heterocycles. The summed E-state index contributed by atoms with van der Waals surface area (Å²) in [6.45, 7) is 8.05. The summed E-state index contributed by atoms with van der Waals surface area (Å²) >= 11 is 0. The molecule has 2 nitrogen and oxygen atoms in total. The molecule has 1 rings (SSSR count). The molecule has 0 radical (unpaired) electrons. The minimum absolute atomic E-state index is 0.160. The van der Waals surface area contributed by atoms with E-state index in [4.69, 9.17) is 4.74 Å². The van der Waals surface area contributed by atoms with Crippen LogP contribution in [0.15, 0.2) is 24.3 Å². The van der Waals surface area contributed by atoms with Gasteiger partial charge in [-0.2, -0.15) is 0 Å². The van der Waals surface area contributed by atoms with Gasteiger partial charge in [0.05, 0.1) is 5.41 Å². The van der Waals surface area contributed by atoms with Gasteiger partial charge in [-0.15, -0.1) is 0 Å². The van der Waals surface area contributed by atoms with Crippen molar-refractivity contribution >= 4 is 5.97 Å². The Bertz CT molecular complexity index is 344. The van der Waals surface area contributed by atoms with E-state index < -0.39 is 5.41 Å². The zero-order chi connectivity index (χ0) is 12.2. The van der Waals surface area contributed by atoms with Crippen LogP contribution in [0.4, 0.5) is 0 Å². The molecule has 88 valence electrons. The molecule has 0 aliphatic heterocycles. The van der Waals surface area contributed by atoms with Crippen LogP contribution in [-0.2, 0) is 22.6 Å². The van der Waals surface area contributed by atoms with Gasteiger partial charge in [-0.3, -0.25) is 4.79 Å². The van der Waals surface area contributed by atoms with Gasteiger partial charge < -0.3 is 4.74 Å². The van der Waals surface area contributed by atoms with Crippen LogP contribution in [0.5, 0.6) is 0 Å². The lowest BCUT2D eigenvalue weighted by atomic mass is 9.97. The van der Waals surface area contributed by atoms with E-state index in [1.165, 1.54) is 5.56 Å². The van der Waals surface area contributed by atoms with Crippen LogP contribution in [0.2, 0.25) is 0 Å². The van der Waals surface area contributed by atoms with E-state index >= 15 is 0 Å². The molecular weight excluding hydrogens is 200 g/mol. The largest absolute Gasteiger partial charge is 0.460 e. The van der Waals surface area contributed by atoms with Gasteiger partial charge in [-0.1, -0.05) is 31.2 Å². The first-order chi connectivity index (χ1) is 7.43. The topological polar surface area (TPSA) is 26.3 Å². The van der Waals surface area contributed by atoms with Crippen LogP contribution in [-0.4, -0.2) is 5.97 Å². The molecule has 0 atom stereocenters. The highest BCUT2D eigenvalue weighted by Crippen LogP contribution is 2.16. The summed E-state index contributed by atoms with van der Waals surface area (Å²) in [5.41, 5.74) is 1.91. The number of hydrogen-bond donors (Lipinski definition) is 0. The molecule has 0 aliphatic rings. The summed E-state index contributed by atoms with van der Waals surface area (Å²) in [5, 5.41) is 0. The summed E-state index contributed by atoms with van der Waals surface area (Å²) in [7, 11) is 0. The molecule has 0 saturated carbocycles. The van der Waals surface area contributed by atoms with Crippen molar-refractivity contribution in [3.05, 3.63) is 35.4 Å². The minimum atomic E-state index is -0.427. The van der Waals surface area contributed by atoms with E-state index in [1.54, 1.807) is 0 Å². The predicted molar refractivity (Wildman–Crippen MR) is 65.1 cm³/mol. The summed E-state index contributed by atoms with van der Waals surface area (Å²) in [6.07, 6.45) is 1.03. The Kier molecular flexibility index (Phi) is 4.11. The molecule has 1 aromatic rings. The van der Waals surface area contributed by atoms with Crippen molar-refractivity contribution in [2.45, 2.75) is 40.7 Å². The van der Waals surface area contributed by atoms with Gasteiger partial charge in [0.2, 0.25) is 0 Å². The third kappa shape index (κ3) is 3.69. The third-order valence-electron chi connectivity index (χ3n) is 2.41. The maximum absolute atomic E-state index is 11.5. The van der Waals surface area contributed by atoms with E-state index in [9.17, 15) is 4.79 Å². The second-order valence-corrected chi connectivity index (χ2v) is 5.00. The number of carbonyl (C=O) groups excluding carboxylic acids is 1. The molecule has 0 unspecified atom stereocenters. The Morgan fingerprint density at radius 2 is 1.62 bits per heavy atom. The first-order valence-corrected chi connectivity index (χ1v) is 5.68. The third-order valence-corrected chi connectivity index (χ3v) is 2.41. The van der Waals surface area contributed by atoms with Gasteiger partial charge in [0.1, 0.15) is 6.61 Å². The number of rotatable bonds is 3. The van der Waals surface area contributed by atoms with Crippen molar-refractivity contribution in [2.75, 3.05) is 0 Å². The standard InChI is InChI=1S/C14H20O2/c1-5-11-6-8-12(9-7-11)10-16-13(15)14(2,3)4/h6-9H,5,10H2,1-4H3. The average molecular weight is 220 g/mol. The predicted octanol–water partition coefficient (Wildman–Crippen LogP) is 3.34. The fourth-order valence-corrected chi connectivity index (χ4v) is 1.24. The Hall–Kier alpha value is -1.31.